The van der Waals surface area contributed by atoms with Crippen molar-refractivity contribution in [3.8, 4) is 5.75 Å². The third kappa shape index (κ3) is 4.45. The summed E-state index contributed by atoms with van der Waals surface area (Å²) in [5, 5.41) is 1.03. The predicted octanol–water partition coefficient (Wildman–Crippen LogP) is 4.53. The van der Waals surface area contributed by atoms with Crippen LogP contribution in [0.1, 0.15) is 18.1 Å². The molecule has 3 aromatic rings. The van der Waals surface area contributed by atoms with E-state index in [0.717, 1.165) is 10.9 Å². The molecule has 0 radical (unpaired) electrons. The first-order valence-corrected chi connectivity index (χ1v) is 8.26. The van der Waals surface area contributed by atoms with Crippen molar-refractivity contribution in [1.82, 2.24) is 4.98 Å². The second kappa shape index (κ2) is 8.25. The summed E-state index contributed by atoms with van der Waals surface area (Å²) in [5.41, 5.74) is 1.85. The van der Waals surface area contributed by atoms with Crippen LogP contribution in [0.15, 0.2) is 60.8 Å². The van der Waals surface area contributed by atoms with Gasteiger partial charge in [0.25, 0.3) is 0 Å². The minimum Gasteiger partial charge on any atom is -0.489 e. The number of nitrogens with zero attached hydrogens (tertiary/aromatic N) is 1. The van der Waals surface area contributed by atoms with Gasteiger partial charge in [-0.15, -0.1) is 0 Å². The van der Waals surface area contributed by atoms with Gasteiger partial charge in [-0.1, -0.05) is 18.2 Å². The third-order valence-corrected chi connectivity index (χ3v) is 3.73. The van der Waals surface area contributed by atoms with E-state index in [9.17, 15) is 9.18 Å². The highest BCUT2D eigenvalue weighted by Crippen LogP contribution is 2.20. The van der Waals surface area contributed by atoms with E-state index < -0.39 is 11.8 Å². The number of halogens is 1. The fraction of sp³-hybridized carbons (Fsp3) is 0.143. The highest BCUT2D eigenvalue weighted by Gasteiger charge is 2.04. The number of ether oxygens (including phenoxy) is 2. The van der Waals surface area contributed by atoms with Crippen LogP contribution in [0.25, 0.3) is 17.0 Å². The van der Waals surface area contributed by atoms with Crippen molar-refractivity contribution in [1.29, 1.82) is 0 Å². The summed E-state index contributed by atoms with van der Waals surface area (Å²) in [7, 11) is 0. The largest absolute Gasteiger partial charge is 0.489 e. The number of pyridine rings is 1. The van der Waals surface area contributed by atoms with Crippen LogP contribution in [-0.4, -0.2) is 17.6 Å². The Morgan fingerprint density at radius 1 is 1.19 bits per heavy atom. The molecule has 0 atom stereocenters. The first-order chi connectivity index (χ1) is 12.7. The second-order valence-corrected chi connectivity index (χ2v) is 5.59. The van der Waals surface area contributed by atoms with Gasteiger partial charge in [-0.2, -0.15) is 0 Å². The van der Waals surface area contributed by atoms with Gasteiger partial charge in [0.1, 0.15) is 18.2 Å². The summed E-state index contributed by atoms with van der Waals surface area (Å²) in [4.78, 5) is 15.6. The summed E-state index contributed by atoms with van der Waals surface area (Å²) >= 11 is 0. The Labute approximate surface area is 150 Å². The molecule has 0 spiro atoms. The number of hydrogen-bond donors (Lipinski definition) is 0. The van der Waals surface area contributed by atoms with Gasteiger partial charge in [0.15, 0.2) is 0 Å². The van der Waals surface area contributed by atoms with Crippen LogP contribution < -0.4 is 4.74 Å². The Hall–Kier alpha value is -3.21. The third-order valence-electron chi connectivity index (χ3n) is 3.73. The van der Waals surface area contributed by atoms with Crippen LogP contribution in [0.2, 0.25) is 0 Å². The number of benzene rings is 2. The van der Waals surface area contributed by atoms with Gasteiger partial charge in [0.2, 0.25) is 0 Å². The minimum absolute atomic E-state index is 0.233. The Bertz CT molecular complexity index is 953. The van der Waals surface area contributed by atoms with E-state index in [1.165, 1.54) is 18.2 Å². The van der Waals surface area contributed by atoms with E-state index in [2.05, 4.69) is 4.98 Å². The van der Waals surface area contributed by atoms with E-state index in [0.29, 0.717) is 16.9 Å². The maximum atomic E-state index is 14.2. The van der Waals surface area contributed by atoms with Crippen molar-refractivity contribution < 1.29 is 18.7 Å². The van der Waals surface area contributed by atoms with Crippen LogP contribution in [0.4, 0.5) is 4.39 Å². The smallest absolute Gasteiger partial charge is 0.330 e. The Balaban J connectivity index is 1.66. The zero-order valence-corrected chi connectivity index (χ0v) is 14.3. The maximum absolute atomic E-state index is 14.2. The van der Waals surface area contributed by atoms with Gasteiger partial charge >= 0.3 is 5.97 Å². The molecule has 26 heavy (non-hydrogen) atoms. The summed E-state index contributed by atoms with van der Waals surface area (Å²) in [6.45, 7) is 2.23. The fourth-order valence-corrected chi connectivity index (χ4v) is 2.45. The predicted molar refractivity (Wildman–Crippen MR) is 98.1 cm³/mol. The van der Waals surface area contributed by atoms with Gasteiger partial charge in [-0.3, -0.25) is 4.98 Å². The van der Waals surface area contributed by atoms with Gasteiger partial charge < -0.3 is 9.47 Å². The molecule has 0 aliphatic rings. The van der Waals surface area contributed by atoms with Crippen molar-refractivity contribution in [2.24, 2.45) is 0 Å². The normalized spacial score (nSPS) is 11.0. The quantitative estimate of drug-likeness (QED) is 0.484. The number of aromatic nitrogens is 1. The summed E-state index contributed by atoms with van der Waals surface area (Å²) in [5.74, 6) is -0.251. The first-order valence-electron chi connectivity index (χ1n) is 8.26. The molecule has 3 rings (SSSR count). The monoisotopic (exact) mass is 351 g/mol. The highest BCUT2D eigenvalue weighted by atomic mass is 19.1. The van der Waals surface area contributed by atoms with Crippen LogP contribution in [0.5, 0.6) is 5.75 Å². The molecule has 1 aromatic heterocycles. The molecule has 2 aromatic carbocycles. The molecule has 1 heterocycles. The molecule has 0 aliphatic heterocycles. The number of carbonyl (C=O) groups excluding carboxylic acids is 1. The number of carbonyl (C=O) groups is 1. The number of fused-ring (bicyclic) bond motifs is 1. The standard InChI is InChI=1S/C21H18FNO3/c1-2-25-21(24)10-8-16-6-5-15(12-19(16)22)14-26-18-9-7-17-4-3-11-23-20(17)13-18/h3-13H,2,14H2,1H3. The summed E-state index contributed by atoms with van der Waals surface area (Å²) in [6, 6.07) is 14.2. The Kier molecular flexibility index (Phi) is 5.59. The van der Waals surface area contributed by atoms with E-state index in [1.54, 1.807) is 25.3 Å². The van der Waals surface area contributed by atoms with Crippen LogP contribution in [0, 0.1) is 5.82 Å². The average molecular weight is 351 g/mol. The fourth-order valence-electron chi connectivity index (χ4n) is 2.45. The van der Waals surface area contributed by atoms with Crippen molar-refractivity contribution >= 4 is 22.9 Å². The lowest BCUT2D eigenvalue weighted by Gasteiger charge is -2.08. The van der Waals surface area contributed by atoms with Gasteiger partial charge in [-0.05, 0) is 42.8 Å². The molecular weight excluding hydrogens is 333 g/mol. The Morgan fingerprint density at radius 2 is 2.08 bits per heavy atom. The molecule has 0 aliphatic carbocycles. The molecule has 0 saturated heterocycles. The van der Waals surface area contributed by atoms with Crippen LogP contribution >= 0.6 is 0 Å². The second-order valence-electron chi connectivity index (χ2n) is 5.59. The molecule has 132 valence electrons. The van der Waals surface area contributed by atoms with Gasteiger partial charge in [0.05, 0.1) is 12.1 Å². The summed E-state index contributed by atoms with van der Waals surface area (Å²) < 4.78 is 24.6. The average Bonchev–Trinajstić information content (AvgIpc) is 2.65. The zero-order chi connectivity index (χ0) is 18.4. The molecule has 0 amide bonds. The molecule has 0 unspecified atom stereocenters. The molecule has 0 saturated carbocycles. The minimum atomic E-state index is -0.496. The molecule has 0 fully saturated rings. The molecule has 0 N–H and O–H groups in total. The molecule has 5 heteroatoms. The van der Waals surface area contributed by atoms with E-state index in [1.807, 2.05) is 30.3 Å². The van der Waals surface area contributed by atoms with Gasteiger partial charge in [-0.25, -0.2) is 9.18 Å². The topological polar surface area (TPSA) is 48.4 Å². The maximum Gasteiger partial charge on any atom is 0.330 e. The van der Waals surface area contributed by atoms with E-state index in [-0.39, 0.29) is 13.2 Å². The summed E-state index contributed by atoms with van der Waals surface area (Å²) in [6.07, 6.45) is 4.33. The highest BCUT2D eigenvalue weighted by molar-refractivity contribution is 5.87. The SMILES string of the molecule is CCOC(=O)C=Cc1ccc(COc2ccc3cccnc3c2)cc1F. The number of rotatable bonds is 6. The van der Waals surface area contributed by atoms with Crippen molar-refractivity contribution in [3.05, 3.63) is 77.7 Å². The Morgan fingerprint density at radius 3 is 2.88 bits per heavy atom. The lowest BCUT2D eigenvalue weighted by atomic mass is 10.1. The lowest BCUT2D eigenvalue weighted by Crippen LogP contribution is -1.99. The number of esters is 1. The molecule has 4 nitrogen and oxygen atoms in total. The van der Waals surface area contributed by atoms with E-state index in [4.69, 9.17) is 9.47 Å². The number of hydrogen-bond acceptors (Lipinski definition) is 4. The first kappa shape index (κ1) is 17.6. The molecule has 0 bridgehead atoms. The van der Waals surface area contributed by atoms with Crippen LogP contribution in [0.3, 0.4) is 0 Å². The van der Waals surface area contributed by atoms with Gasteiger partial charge in [0, 0.05) is 29.3 Å². The van der Waals surface area contributed by atoms with Crippen molar-refractivity contribution in [3.63, 3.8) is 0 Å². The van der Waals surface area contributed by atoms with E-state index >= 15 is 0 Å². The molecular formula is C21H18FNO3. The van der Waals surface area contributed by atoms with Crippen LogP contribution in [-0.2, 0) is 16.1 Å². The zero-order valence-electron chi connectivity index (χ0n) is 14.3. The van der Waals surface area contributed by atoms with Crippen molar-refractivity contribution in [2.45, 2.75) is 13.5 Å². The van der Waals surface area contributed by atoms with Crippen molar-refractivity contribution in [2.75, 3.05) is 6.61 Å². The lowest BCUT2D eigenvalue weighted by molar-refractivity contribution is -0.137.